The summed E-state index contributed by atoms with van der Waals surface area (Å²) in [6.07, 6.45) is -2.08. The average molecular weight is 126 g/mol. The summed E-state index contributed by atoms with van der Waals surface area (Å²) >= 11 is 0. The molecular weight excluding hydrogens is 125 g/mol. The molecule has 0 rings (SSSR count). The van der Waals surface area contributed by atoms with Crippen molar-refractivity contribution in [3.63, 3.8) is 0 Å². The third-order valence-electron chi connectivity index (χ3n) is 0. The predicted molar refractivity (Wildman–Crippen MR) is 8.02 cm³/mol. The van der Waals surface area contributed by atoms with Crippen LogP contribution in [0, 0.1) is 0 Å². The molecule has 0 aromatic heterocycles. The zero-order valence-electron chi connectivity index (χ0n) is 4.14. The number of carbonyl (C=O) groups is 1. The Balaban J connectivity index is -0.0000000150. The molecule has 0 saturated carbocycles. The first-order chi connectivity index (χ1) is 1.73. The largest absolute Gasteiger partial charge is 1.00 e. The first-order valence-electron chi connectivity index (χ1n) is 0.632. The number of halogens is 1. The Bertz CT molecular complexity index is 37.9. The summed E-state index contributed by atoms with van der Waals surface area (Å²) in [4.78, 5) is 8.44. The third kappa shape index (κ3) is 107. The zero-order chi connectivity index (χ0) is 3.58. The summed E-state index contributed by atoms with van der Waals surface area (Å²) in [6, 6.07) is 0. The van der Waals surface area contributed by atoms with Gasteiger partial charge in [-0.1, -0.05) is 0 Å². The van der Waals surface area contributed by atoms with Crippen LogP contribution in [-0.4, -0.2) is 11.3 Å². The van der Waals surface area contributed by atoms with Crippen LogP contribution in [0.1, 0.15) is 0 Å². The van der Waals surface area contributed by atoms with E-state index in [0.717, 1.165) is 0 Å². The molecule has 0 atom stereocenters. The van der Waals surface area contributed by atoms with Crippen LogP contribution in [0.3, 0.4) is 0 Å². The Kier molecular flexibility index (Phi) is 53.0. The van der Waals surface area contributed by atoms with Crippen molar-refractivity contribution in [3.8, 4) is 0 Å². The second kappa shape index (κ2) is 15.7. The summed E-state index contributed by atoms with van der Waals surface area (Å²) < 4.78 is 0. The van der Waals surface area contributed by atoms with E-state index in [1.54, 1.807) is 0 Å². The van der Waals surface area contributed by atoms with Gasteiger partial charge in [0.05, 0.1) is 0 Å². The van der Waals surface area contributed by atoms with Gasteiger partial charge in [-0.15, -0.1) is 0 Å². The van der Waals surface area contributed by atoms with Crippen molar-refractivity contribution in [2.45, 2.75) is 0 Å². The molecule has 0 fully saturated rings. The molecule has 0 unspecified atom stereocenters. The summed E-state index contributed by atoms with van der Waals surface area (Å²) in [5.41, 5.74) is 0. The standard InChI is InChI=1S/CH2O3.FH.K.Li/c2-1(3)4;;;/h(H2,2,3,4);1H;;/q;;2*+1/p-2. The predicted octanol–water partition coefficient (Wildman–Crippen LogP) is -10.1. The Morgan fingerprint density at radius 3 is 1.57 bits per heavy atom. The van der Waals surface area contributed by atoms with Crippen molar-refractivity contribution in [3.05, 3.63) is 0 Å². The summed E-state index contributed by atoms with van der Waals surface area (Å²) in [5.74, 6) is 0. The van der Waals surface area contributed by atoms with Crippen molar-refractivity contribution in [1.82, 2.24) is 0 Å². The van der Waals surface area contributed by atoms with E-state index in [2.05, 4.69) is 0 Å². The van der Waals surface area contributed by atoms with Crippen LogP contribution in [0.2, 0.25) is 0 Å². The molecule has 0 aliphatic heterocycles. The number of carboxylic acid groups (broad SMARTS) is 2. The maximum absolute atomic E-state index is 8.44. The topological polar surface area (TPSA) is 60.4 Å². The fraction of sp³-hybridized carbons (Fsp3) is 0. The first-order valence-corrected chi connectivity index (χ1v) is 0.632. The van der Waals surface area contributed by atoms with Crippen molar-refractivity contribution >= 4 is 6.16 Å². The van der Waals surface area contributed by atoms with Gasteiger partial charge in [0, 0.05) is 0 Å². The van der Waals surface area contributed by atoms with Crippen LogP contribution in [0.4, 0.5) is 4.79 Å². The minimum absolute atomic E-state index is 0. The molecule has 0 amide bonds. The van der Waals surface area contributed by atoms with Gasteiger partial charge < -0.3 is 19.7 Å². The average Bonchev–Trinajstić information content (AvgIpc) is 0.811. The fourth-order valence-corrected chi connectivity index (χ4v) is 0. The molecule has 3 nitrogen and oxygen atoms in total. The van der Waals surface area contributed by atoms with Gasteiger partial charge >= 0.3 is 70.2 Å². The fourth-order valence-electron chi connectivity index (χ4n) is 0. The van der Waals surface area contributed by atoms with Gasteiger partial charge in [0.2, 0.25) is 6.16 Å². The number of hydrogen-bond acceptors (Lipinski definition) is 2. The smallest absolute Gasteiger partial charge is 1.00 e. The van der Waals surface area contributed by atoms with Crippen molar-refractivity contribution < 1.29 is 90.0 Å². The van der Waals surface area contributed by atoms with Crippen LogP contribution in [-0.2, 0) is 0 Å². The second-order valence-electron chi connectivity index (χ2n) is 0.266. The molecule has 0 spiro atoms. The molecule has 32 valence electrons. The molecule has 0 saturated heterocycles. The van der Waals surface area contributed by atoms with Gasteiger partial charge in [0.25, 0.3) is 0 Å². The minimum atomic E-state index is -2.08. The van der Waals surface area contributed by atoms with Crippen LogP contribution in [0.25, 0.3) is 0 Å². The van der Waals surface area contributed by atoms with Crippen LogP contribution < -0.4 is 80.1 Å². The molecule has 0 aromatic rings. The number of rotatable bonds is 0. The quantitative estimate of drug-likeness (QED) is 0.328. The Morgan fingerprint density at radius 1 is 1.57 bits per heavy atom. The van der Waals surface area contributed by atoms with Crippen LogP contribution >= 0.6 is 0 Å². The monoisotopic (exact) mass is 126 g/mol. The normalized spacial score (nSPS) is 3.43. The van der Waals surface area contributed by atoms with E-state index >= 15 is 0 Å². The van der Waals surface area contributed by atoms with Crippen molar-refractivity contribution in [2.75, 3.05) is 0 Å². The van der Waals surface area contributed by atoms with E-state index in [4.69, 9.17) is 15.0 Å². The van der Waals surface area contributed by atoms with Gasteiger partial charge in [-0.2, -0.15) is 0 Å². The van der Waals surface area contributed by atoms with Crippen molar-refractivity contribution in [1.29, 1.82) is 0 Å². The van der Waals surface area contributed by atoms with Gasteiger partial charge in [0.15, 0.2) is 0 Å². The molecule has 0 radical (unpaired) electrons. The van der Waals surface area contributed by atoms with Gasteiger partial charge in [-0.05, 0) is 0 Å². The molecule has 0 aromatic carbocycles. The molecule has 0 bridgehead atoms. The van der Waals surface area contributed by atoms with Gasteiger partial charge in [-0.25, -0.2) is 0 Å². The molecule has 1 N–H and O–H groups in total. The maximum atomic E-state index is 8.44. The van der Waals surface area contributed by atoms with E-state index in [1.165, 1.54) is 0 Å². The molecular formula is CHFKLiO3. The molecule has 6 heteroatoms. The van der Waals surface area contributed by atoms with Crippen molar-refractivity contribution in [2.24, 2.45) is 0 Å². The Hall–Kier alpha value is 1.43. The van der Waals surface area contributed by atoms with E-state index in [1.807, 2.05) is 0 Å². The Labute approximate surface area is 94.4 Å². The first kappa shape index (κ1) is 23.7. The summed E-state index contributed by atoms with van der Waals surface area (Å²) in [5, 5.41) is 15.3. The SMILES string of the molecule is O=C([O-])O.[F-].[K+].[Li+]. The molecule has 7 heavy (non-hydrogen) atoms. The molecule has 0 aliphatic carbocycles. The zero-order valence-corrected chi connectivity index (χ0v) is 7.26. The minimum Gasteiger partial charge on any atom is -1.00 e. The third-order valence-corrected chi connectivity index (χ3v) is 0. The van der Waals surface area contributed by atoms with Gasteiger partial charge in [0.1, 0.15) is 0 Å². The summed E-state index contributed by atoms with van der Waals surface area (Å²) in [6.45, 7) is 0. The second-order valence-corrected chi connectivity index (χ2v) is 0.266. The van der Waals surface area contributed by atoms with E-state index in [0.29, 0.717) is 0 Å². The Morgan fingerprint density at radius 2 is 1.57 bits per heavy atom. The molecule has 0 heterocycles. The van der Waals surface area contributed by atoms with Crippen LogP contribution in [0.5, 0.6) is 0 Å². The maximum Gasteiger partial charge on any atom is 1.00 e. The van der Waals surface area contributed by atoms with Crippen LogP contribution in [0.15, 0.2) is 0 Å². The molecule has 0 aliphatic rings. The van der Waals surface area contributed by atoms with E-state index in [-0.39, 0.29) is 74.9 Å². The van der Waals surface area contributed by atoms with Gasteiger partial charge in [-0.3, -0.25) is 0 Å². The van der Waals surface area contributed by atoms with E-state index < -0.39 is 6.16 Å². The van der Waals surface area contributed by atoms with E-state index in [9.17, 15) is 0 Å². The number of hydrogen-bond donors (Lipinski definition) is 1. The summed E-state index contributed by atoms with van der Waals surface area (Å²) in [7, 11) is 0.